The molecule has 1 amide bonds. The predicted octanol–water partition coefficient (Wildman–Crippen LogP) is 1.65. The zero-order chi connectivity index (χ0) is 15.9. The maximum Gasteiger partial charge on any atom is 0.308 e. The van der Waals surface area contributed by atoms with Gasteiger partial charge in [0.15, 0.2) is 0 Å². The van der Waals surface area contributed by atoms with Gasteiger partial charge in [-0.25, -0.2) is 0 Å². The lowest BCUT2D eigenvalue weighted by atomic mass is 9.99. The number of nitrogens with zero attached hydrogens (tertiary/aromatic N) is 1. The Labute approximate surface area is 128 Å². The van der Waals surface area contributed by atoms with Crippen LogP contribution < -0.4 is 5.32 Å². The molecule has 0 saturated carbocycles. The standard InChI is InChI=1S/C16H19N3O3/c1-2-13-9-14(19-18-13)15(20)17-10-12(16(21)22)8-11-6-4-3-5-7-11/h3-7,9,12H,2,8,10H2,1H3,(H,17,20)(H,18,19)(H,21,22). The summed E-state index contributed by atoms with van der Waals surface area (Å²) in [6, 6.07) is 11.0. The molecule has 1 unspecified atom stereocenters. The minimum absolute atomic E-state index is 0.0668. The summed E-state index contributed by atoms with van der Waals surface area (Å²) in [5, 5.41) is 18.6. The summed E-state index contributed by atoms with van der Waals surface area (Å²) in [5.41, 5.74) is 2.07. The average Bonchev–Trinajstić information content (AvgIpc) is 3.01. The molecule has 0 aliphatic heterocycles. The van der Waals surface area contributed by atoms with E-state index >= 15 is 0 Å². The normalized spacial score (nSPS) is 11.9. The first kappa shape index (κ1) is 15.8. The second kappa shape index (κ2) is 7.40. The van der Waals surface area contributed by atoms with Gasteiger partial charge in [-0.3, -0.25) is 14.7 Å². The lowest BCUT2D eigenvalue weighted by Crippen LogP contribution is -2.34. The van der Waals surface area contributed by atoms with Crippen molar-refractivity contribution in [1.29, 1.82) is 0 Å². The van der Waals surface area contributed by atoms with Crippen LogP contribution in [-0.4, -0.2) is 33.7 Å². The highest BCUT2D eigenvalue weighted by atomic mass is 16.4. The molecule has 116 valence electrons. The van der Waals surface area contributed by atoms with Crippen molar-refractivity contribution < 1.29 is 14.7 Å². The highest BCUT2D eigenvalue weighted by Gasteiger charge is 2.20. The monoisotopic (exact) mass is 301 g/mol. The van der Waals surface area contributed by atoms with Crippen molar-refractivity contribution in [2.24, 2.45) is 5.92 Å². The maximum absolute atomic E-state index is 12.0. The zero-order valence-electron chi connectivity index (χ0n) is 12.4. The summed E-state index contributed by atoms with van der Waals surface area (Å²) < 4.78 is 0. The summed E-state index contributed by atoms with van der Waals surface area (Å²) in [6.07, 6.45) is 1.13. The van der Waals surface area contributed by atoms with Crippen LogP contribution in [0.25, 0.3) is 0 Å². The highest BCUT2D eigenvalue weighted by molar-refractivity contribution is 5.92. The third kappa shape index (κ3) is 4.18. The molecule has 0 aliphatic carbocycles. The minimum atomic E-state index is -0.930. The van der Waals surface area contributed by atoms with Gasteiger partial charge in [-0.2, -0.15) is 5.10 Å². The maximum atomic E-state index is 12.0. The number of hydrogen-bond acceptors (Lipinski definition) is 3. The number of nitrogens with one attached hydrogen (secondary N) is 2. The number of benzene rings is 1. The Morgan fingerprint density at radius 2 is 2.05 bits per heavy atom. The fourth-order valence-electron chi connectivity index (χ4n) is 2.11. The van der Waals surface area contributed by atoms with E-state index in [4.69, 9.17) is 0 Å². The van der Waals surface area contributed by atoms with Gasteiger partial charge in [-0.15, -0.1) is 0 Å². The molecule has 1 aromatic carbocycles. The van der Waals surface area contributed by atoms with Gasteiger partial charge in [0.05, 0.1) is 5.92 Å². The Morgan fingerprint density at radius 3 is 2.64 bits per heavy atom. The van der Waals surface area contributed by atoms with E-state index in [2.05, 4.69) is 15.5 Å². The van der Waals surface area contributed by atoms with E-state index < -0.39 is 11.9 Å². The van der Waals surface area contributed by atoms with Gasteiger partial charge in [0.25, 0.3) is 5.91 Å². The zero-order valence-corrected chi connectivity index (χ0v) is 12.4. The van der Waals surface area contributed by atoms with Crippen LogP contribution >= 0.6 is 0 Å². The van der Waals surface area contributed by atoms with Crippen molar-refractivity contribution in [2.75, 3.05) is 6.54 Å². The van der Waals surface area contributed by atoms with Crippen molar-refractivity contribution in [3.8, 4) is 0 Å². The van der Waals surface area contributed by atoms with E-state index in [1.165, 1.54) is 0 Å². The summed E-state index contributed by atoms with van der Waals surface area (Å²) in [5.74, 6) is -1.97. The topological polar surface area (TPSA) is 95.1 Å². The lowest BCUT2D eigenvalue weighted by molar-refractivity contribution is -0.141. The van der Waals surface area contributed by atoms with Crippen LogP contribution in [0.4, 0.5) is 0 Å². The van der Waals surface area contributed by atoms with E-state index in [1.54, 1.807) is 6.07 Å². The molecule has 1 aromatic heterocycles. The summed E-state index contributed by atoms with van der Waals surface area (Å²) in [7, 11) is 0. The molecule has 1 atom stereocenters. The Morgan fingerprint density at radius 1 is 1.32 bits per heavy atom. The van der Waals surface area contributed by atoms with E-state index in [9.17, 15) is 14.7 Å². The second-order valence-corrected chi connectivity index (χ2v) is 5.07. The fourth-order valence-corrected chi connectivity index (χ4v) is 2.11. The number of aliphatic carboxylic acids is 1. The van der Waals surface area contributed by atoms with E-state index in [-0.39, 0.29) is 18.1 Å². The van der Waals surface area contributed by atoms with Crippen LogP contribution in [-0.2, 0) is 17.6 Å². The number of H-pyrrole nitrogens is 1. The van der Waals surface area contributed by atoms with Gasteiger partial charge < -0.3 is 10.4 Å². The molecule has 22 heavy (non-hydrogen) atoms. The third-order valence-electron chi connectivity index (χ3n) is 3.43. The van der Waals surface area contributed by atoms with Crippen LogP contribution in [0.3, 0.4) is 0 Å². The van der Waals surface area contributed by atoms with Gasteiger partial charge in [-0.1, -0.05) is 37.3 Å². The van der Waals surface area contributed by atoms with Crippen LogP contribution in [0, 0.1) is 5.92 Å². The first-order valence-corrected chi connectivity index (χ1v) is 7.19. The van der Waals surface area contributed by atoms with Crippen molar-refractivity contribution in [2.45, 2.75) is 19.8 Å². The average molecular weight is 301 g/mol. The van der Waals surface area contributed by atoms with Crippen molar-refractivity contribution in [3.63, 3.8) is 0 Å². The quantitative estimate of drug-likeness (QED) is 0.724. The number of aryl methyl sites for hydroxylation is 1. The smallest absolute Gasteiger partial charge is 0.308 e. The second-order valence-electron chi connectivity index (χ2n) is 5.07. The van der Waals surface area contributed by atoms with Gasteiger partial charge in [0.2, 0.25) is 0 Å². The Balaban J connectivity index is 1.94. The van der Waals surface area contributed by atoms with E-state index in [0.717, 1.165) is 17.7 Å². The van der Waals surface area contributed by atoms with E-state index in [1.807, 2.05) is 37.3 Å². The molecule has 0 spiro atoms. The molecule has 2 rings (SSSR count). The minimum Gasteiger partial charge on any atom is -0.481 e. The fraction of sp³-hybridized carbons (Fsp3) is 0.312. The summed E-state index contributed by atoms with van der Waals surface area (Å²) >= 11 is 0. The molecule has 0 aliphatic rings. The first-order valence-electron chi connectivity index (χ1n) is 7.19. The van der Waals surface area contributed by atoms with Crippen molar-refractivity contribution >= 4 is 11.9 Å². The molecule has 3 N–H and O–H groups in total. The number of carboxylic acid groups (broad SMARTS) is 1. The van der Waals surface area contributed by atoms with Gasteiger partial charge in [0, 0.05) is 12.2 Å². The molecule has 6 heteroatoms. The van der Waals surface area contributed by atoms with Gasteiger partial charge >= 0.3 is 5.97 Å². The molecule has 6 nitrogen and oxygen atoms in total. The van der Waals surface area contributed by atoms with Gasteiger partial charge in [-0.05, 0) is 24.5 Å². The largest absolute Gasteiger partial charge is 0.481 e. The number of amides is 1. The molecular formula is C16H19N3O3. The number of rotatable bonds is 7. The van der Waals surface area contributed by atoms with Crippen molar-refractivity contribution in [3.05, 3.63) is 53.3 Å². The predicted molar refractivity (Wildman–Crippen MR) is 81.6 cm³/mol. The summed E-state index contributed by atoms with van der Waals surface area (Å²) in [6.45, 7) is 2.02. The van der Waals surface area contributed by atoms with Gasteiger partial charge in [0.1, 0.15) is 5.69 Å². The molecule has 0 saturated heterocycles. The molecule has 0 fully saturated rings. The first-order chi connectivity index (χ1) is 10.6. The highest BCUT2D eigenvalue weighted by Crippen LogP contribution is 2.09. The van der Waals surface area contributed by atoms with Crippen molar-refractivity contribution in [1.82, 2.24) is 15.5 Å². The number of carbonyl (C=O) groups excluding carboxylic acids is 1. The summed E-state index contributed by atoms with van der Waals surface area (Å²) in [4.78, 5) is 23.3. The lowest BCUT2D eigenvalue weighted by Gasteiger charge is -2.13. The number of hydrogen-bond donors (Lipinski definition) is 3. The molecule has 2 aromatic rings. The van der Waals surface area contributed by atoms with Crippen LogP contribution in [0.15, 0.2) is 36.4 Å². The van der Waals surface area contributed by atoms with Crippen LogP contribution in [0.2, 0.25) is 0 Å². The Hall–Kier alpha value is -2.63. The number of carboxylic acids is 1. The van der Waals surface area contributed by atoms with E-state index in [0.29, 0.717) is 6.42 Å². The SMILES string of the molecule is CCc1cc(C(=O)NCC(Cc2ccccc2)C(=O)O)n[nH]1. The van der Waals surface area contributed by atoms with Crippen LogP contribution in [0.5, 0.6) is 0 Å². The molecule has 0 bridgehead atoms. The third-order valence-corrected chi connectivity index (χ3v) is 3.43. The molecule has 0 radical (unpaired) electrons. The van der Waals surface area contributed by atoms with Crippen LogP contribution in [0.1, 0.15) is 28.7 Å². The Bertz CT molecular complexity index is 637. The number of carbonyl (C=O) groups is 2. The Kier molecular flexibility index (Phi) is 5.30. The molecular weight excluding hydrogens is 282 g/mol. The number of aromatic nitrogens is 2. The number of aromatic amines is 1. The molecule has 1 heterocycles.